The lowest BCUT2D eigenvalue weighted by molar-refractivity contribution is -0.130. The van der Waals surface area contributed by atoms with Crippen LogP contribution in [0, 0.1) is 32.1 Å². The molecule has 0 aliphatic heterocycles. The van der Waals surface area contributed by atoms with Gasteiger partial charge in [0, 0.05) is 5.56 Å². The molecule has 1 saturated carbocycles. The molecule has 1 aliphatic carbocycles. The first kappa shape index (κ1) is 18.1. The van der Waals surface area contributed by atoms with Crippen LogP contribution in [0.25, 0.3) is 0 Å². The number of carbonyl (C=O) groups excluding carboxylic acids is 2. The van der Waals surface area contributed by atoms with Crippen molar-refractivity contribution in [3.63, 3.8) is 0 Å². The fourth-order valence-corrected chi connectivity index (χ4v) is 3.12. The molecule has 1 unspecified atom stereocenters. The van der Waals surface area contributed by atoms with Gasteiger partial charge in [-0.3, -0.25) is 4.79 Å². The van der Waals surface area contributed by atoms with Crippen molar-refractivity contribution < 1.29 is 18.7 Å². The number of nitrogens with one attached hydrogen (secondary N) is 1. The maximum absolute atomic E-state index is 12.4. The molecular formula is C18H24N2O4. The number of nitrogens with zero attached hydrogens (tertiary/aromatic N) is 1. The minimum Gasteiger partial charge on any atom is -0.465 e. The number of furan rings is 1. The molecule has 6 nitrogen and oxygen atoms in total. The lowest BCUT2D eigenvalue weighted by Gasteiger charge is -2.32. The largest absolute Gasteiger partial charge is 0.465 e. The van der Waals surface area contributed by atoms with E-state index in [0.29, 0.717) is 35.5 Å². The van der Waals surface area contributed by atoms with E-state index in [4.69, 9.17) is 9.15 Å². The summed E-state index contributed by atoms with van der Waals surface area (Å²) in [5, 5.41) is 12.2. The molecule has 1 amide bonds. The Morgan fingerprint density at radius 3 is 2.33 bits per heavy atom. The van der Waals surface area contributed by atoms with E-state index in [1.54, 1.807) is 20.8 Å². The summed E-state index contributed by atoms with van der Waals surface area (Å²) in [4.78, 5) is 24.7. The third-order valence-electron chi connectivity index (χ3n) is 4.70. The van der Waals surface area contributed by atoms with E-state index in [1.807, 2.05) is 0 Å². The summed E-state index contributed by atoms with van der Waals surface area (Å²) in [5.74, 6) is 0.104. The molecule has 1 N–H and O–H groups in total. The number of ether oxygens (including phenoxy) is 1. The van der Waals surface area contributed by atoms with Gasteiger partial charge >= 0.3 is 5.97 Å². The highest BCUT2D eigenvalue weighted by Crippen LogP contribution is 2.28. The Balaban J connectivity index is 2.03. The van der Waals surface area contributed by atoms with E-state index >= 15 is 0 Å². The second-order valence-corrected chi connectivity index (χ2v) is 6.51. The van der Waals surface area contributed by atoms with Crippen LogP contribution in [0.1, 0.15) is 66.5 Å². The summed E-state index contributed by atoms with van der Waals surface area (Å²) < 4.78 is 10.7. The first-order valence-electron chi connectivity index (χ1n) is 8.30. The molecule has 6 heteroatoms. The van der Waals surface area contributed by atoms with Crippen LogP contribution in [0.5, 0.6) is 0 Å². The molecule has 130 valence electrons. The number of amides is 1. The summed E-state index contributed by atoms with van der Waals surface area (Å²) in [5.41, 5.74) is 0.235. The fourth-order valence-electron chi connectivity index (χ4n) is 3.12. The molecule has 1 atom stereocenters. The Kier molecular flexibility index (Phi) is 5.33. The highest BCUT2D eigenvalue weighted by Gasteiger charge is 2.35. The van der Waals surface area contributed by atoms with Crippen LogP contribution in [0.4, 0.5) is 0 Å². The Bertz CT molecular complexity index is 678. The molecule has 1 aromatic rings. The van der Waals surface area contributed by atoms with Gasteiger partial charge in [-0.1, -0.05) is 19.3 Å². The zero-order valence-corrected chi connectivity index (χ0v) is 14.7. The second-order valence-electron chi connectivity index (χ2n) is 6.51. The number of hydrogen-bond acceptors (Lipinski definition) is 5. The van der Waals surface area contributed by atoms with Crippen LogP contribution >= 0.6 is 0 Å². The van der Waals surface area contributed by atoms with Crippen LogP contribution in [-0.2, 0) is 9.53 Å². The third-order valence-corrected chi connectivity index (χ3v) is 4.70. The summed E-state index contributed by atoms with van der Waals surface area (Å²) in [6.07, 6.45) is 3.19. The van der Waals surface area contributed by atoms with Crippen LogP contribution in [0.15, 0.2) is 4.42 Å². The van der Waals surface area contributed by atoms with Crippen molar-refractivity contribution in [2.24, 2.45) is 0 Å². The summed E-state index contributed by atoms with van der Waals surface area (Å²) >= 11 is 0. The Labute approximate surface area is 142 Å². The average molecular weight is 332 g/mol. The molecule has 0 saturated heterocycles. The normalized spacial score (nSPS) is 17.6. The molecule has 1 aliphatic rings. The van der Waals surface area contributed by atoms with Gasteiger partial charge in [0.25, 0.3) is 5.91 Å². The minimum absolute atomic E-state index is 0.361. The van der Waals surface area contributed by atoms with Crippen molar-refractivity contribution in [3.05, 3.63) is 22.6 Å². The highest BCUT2D eigenvalue weighted by atomic mass is 16.5. The Hall–Kier alpha value is -2.29. The van der Waals surface area contributed by atoms with Gasteiger partial charge in [-0.05, 0) is 40.5 Å². The van der Waals surface area contributed by atoms with E-state index in [9.17, 15) is 14.9 Å². The van der Waals surface area contributed by atoms with Gasteiger partial charge in [0.05, 0.1) is 6.07 Å². The molecular weight excluding hydrogens is 308 g/mol. The summed E-state index contributed by atoms with van der Waals surface area (Å²) in [6.45, 7) is 6.75. The van der Waals surface area contributed by atoms with Crippen LogP contribution < -0.4 is 5.32 Å². The first-order chi connectivity index (χ1) is 11.3. The standard InChI is InChI=1S/C18H24N2O4/c1-11-12(2)23-13(3)15(11)17(22)24-14(4)16(21)20-18(10-19)8-6-5-7-9-18/h14H,5-9H2,1-4H3,(H,20,21). The minimum atomic E-state index is -0.973. The van der Waals surface area contributed by atoms with E-state index in [0.717, 1.165) is 19.3 Å². The van der Waals surface area contributed by atoms with Crippen molar-refractivity contribution in [2.45, 2.75) is 71.4 Å². The summed E-state index contributed by atoms with van der Waals surface area (Å²) in [6, 6.07) is 2.22. The molecule has 24 heavy (non-hydrogen) atoms. The predicted octanol–water partition coefficient (Wildman–Crippen LogP) is 3.09. The molecule has 1 aromatic heterocycles. The van der Waals surface area contributed by atoms with Crippen molar-refractivity contribution in [2.75, 3.05) is 0 Å². The molecule has 0 aromatic carbocycles. The molecule has 1 heterocycles. The van der Waals surface area contributed by atoms with Gasteiger partial charge in [0.1, 0.15) is 22.6 Å². The van der Waals surface area contributed by atoms with Crippen LogP contribution in [0.2, 0.25) is 0 Å². The zero-order valence-electron chi connectivity index (χ0n) is 14.7. The van der Waals surface area contributed by atoms with E-state index in [-0.39, 0.29) is 0 Å². The topological polar surface area (TPSA) is 92.3 Å². The average Bonchev–Trinajstić information content (AvgIpc) is 2.80. The van der Waals surface area contributed by atoms with E-state index < -0.39 is 23.5 Å². The third kappa shape index (κ3) is 3.61. The van der Waals surface area contributed by atoms with E-state index in [2.05, 4.69) is 11.4 Å². The van der Waals surface area contributed by atoms with Crippen molar-refractivity contribution in [1.82, 2.24) is 5.32 Å². The van der Waals surface area contributed by atoms with Crippen molar-refractivity contribution in [3.8, 4) is 6.07 Å². The van der Waals surface area contributed by atoms with Gasteiger partial charge in [0.15, 0.2) is 6.10 Å². The quantitative estimate of drug-likeness (QED) is 0.855. The van der Waals surface area contributed by atoms with Gasteiger partial charge in [-0.2, -0.15) is 5.26 Å². The van der Waals surface area contributed by atoms with Gasteiger partial charge < -0.3 is 14.5 Å². The number of hydrogen-bond donors (Lipinski definition) is 1. The maximum Gasteiger partial charge on any atom is 0.342 e. The molecule has 1 fully saturated rings. The number of esters is 1. The first-order valence-corrected chi connectivity index (χ1v) is 8.30. The monoisotopic (exact) mass is 332 g/mol. The number of carbonyl (C=O) groups is 2. The molecule has 0 bridgehead atoms. The SMILES string of the molecule is Cc1oc(C)c(C(=O)OC(C)C(=O)NC2(C#N)CCCCC2)c1C. The van der Waals surface area contributed by atoms with Gasteiger partial charge in [0.2, 0.25) is 0 Å². The summed E-state index contributed by atoms with van der Waals surface area (Å²) in [7, 11) is 0. The molecule has 2 rings (SSSR count). The van der Waals surface area contributed by atoms with Crippen LogP contribution in [0.3, 0.4) is 0 Å². The Morgan fingerprint density at radius 1 is 1.21 bits per heavy atom. The molecule has 0 spiro atoms. The Morgan fingerprint density at radius 2 is 1.83 bits per heavy atom. The zero-order chi connectivity index (χ0) is 17.9. The fraction of sp³-hybridized carbons (Fsp3) is 0.611. The smallest absolute Gasteiger partial charge is 0.342 e. The van der Waals surface area contributed by atoms with Crippen molar-refractivity contribution >= 4 is 11.9 Å². The van der Waals surface area contributed by atoms with Crippen molar-refractivity contribution in [1.29, 1.82) is 5.26 Å². The second kappa shape index (κ2) is 7.08. The van der Waals surface area contributed by atoms with Crippen LogP contribution in [-0.4, -0.2) is 23.5 Å². The van der Waals surface area contributed by atoms with E-state index in [1.165, 1.54) is 6.92 Å². The predicted molar refractivity (Wildman–Crippen MR) is 87.4 cm³/mol. The lowest BCUT2D eigenvalue weighted by atomic mass is 9.83. The van der Waals surface area contributed by atoms with Gasteiger partial charge in [-0.25, -0.2) is 4.79 Å². The number of rotatable bonds is 4. The number of nitriles is 1. The highest BCUT2D eigenvalue weighted by molar-refractivity contribution is 5.94. The number of aryl methyl sites for hydroxylation is 2. The molecule has 0 radical (unpaired) electrons. The van der Waals surface area contributed by atoms with Gasteiger partial charge in [-0.15, -0.1) is 0 Å². The maximum atomic E-state index is 12.4. The lowest BCUT2D eigenvalue weighted by Crippen LogP contribution is -2.52.